The van der Waals surface area contributed by atoms with Gasteiger partial charge in [0.1, 0.15) is 4.60 Å². The number of aromatic nitrogens is 4. The Morgan fingerprint density at radius 1 is 1.29 bits per heavy atom. The van der Waals surface area contributed by atoms with Gasteiger partial charge in [-0.1, -0.05) is 19.3 Å². The molecule has 0 aliphatic heterocycles. The van der Waals surface area contributed by atoms with Gasteiger partial charge in [-0.15, -0.1) is 0 Å². The minimum Gasteiger partial charge on any atom is -0.490 e. The molecule has 0 atom stereocenters. The van der Waals surface area contributed by atoms with Crippen molar-refractivity contribution in [3.8, 4) is 11.6 Å². The molecule has 0 radical (unpaired) electrons. The van der Waals surface area contributed by atoms with Gasteiger partial charge in [0.15, 0.2) is 17.4 Å². The van der Waals surface area contributed by atoms with Crippen molar-refractivity contribution in [2.24, 2.45) is 5.92 Å². The first kappa shape index (κ1) is 14.3. The Kier molecular flexibility index (Phi) is 4.38. The van der Waals surface area contributed by atoms with Crippen LogP contribution in [0.3, 0.4) is 0 Å². The molecule has 1 aliphatic carbocycles. The second kappa shape index (κ2) is 6.43. The number of hydrogen-bond acceptors (Lipinski definition) is 5. The van der Waals surface area contributed by atoms with Crippen molar-refractivity contribution in [1.29, 1.82) is 0 Å². The van der Waals surface area contributed by atoms with Crippen LogP contribution in [-0.2, 0) is 0 Å². The smallest absolute Gasteiger partial charge is 0.197 e. The van der Waals surface area contributed by atoms with Crippen LogP contribution in [0.1, 0.15) is 32.1 Å². The topological polar surface area (TPSA) is 78.8 Å². The van der Waals surface area contributed by atoms with E-state index >= 15 is 0 Å². The highest BCUT2D eigenvalue weighted by Crippen LogP contribution is 2.25. The SMILES string of the molecule is Nc1ncc(Br)nc1-n1cc(OCC2CCCCC2)cn1. The minimum absolute atomic E-state index is 0.333. The van der Waals surface area contributed by atoms with Crippen molar-refractivity contribution >= 4 is 21.7 Å². The van der Waals surface area contributed by atoms with Crippen LogP contribution in [0, 0.1) is 5.92 Å². The van der Waals surface area contributed by atoms with Crippen LogP contribution in [0.5, 0.6) is 5.75 Å². The van der Waals surface area contributed by atoms with Crippen LogP contribution in [0.25, 0.3) is 5.82 Å². The molecule has 1 aliphatic rings. The fraction of sp³-hybridized carbons (Fsp3) is 0.500. The van der Waals surface area contributed by atoms with Gasteiger partial charge >= 0.3 is 0 Å². The Morgan fingerprint density at radius 2 is 2.10 bits per heavy atom. The standard InChI is InChI=1S/C14H18BrN5O/c15-12-7-17-13(16)14(19-12)20-8-11(6-18-20)21-9-10-4-2-1-3-5-10/h6-8,10H,1-5,9H2,(H2,16,17). The van der Waals surface area contributed by atoms with E-state index in [1.165, 1.54) is 32.1 Å². The van der Waals surface area contributed by atoms with E-state index in [4.69, 9.17) is 10.5 Å². The van der Waals surface area contributed by atoms with E-state index in [0.717, 1.165) is 12.4 Å². The zero-order valence-corrected chi connectivity index (χ0v) is 13.3. The van der Waals surface area contributed by atoms with Crippen LogP contribution in [-0.4, -0.2) is 26.4 Å². The van der Waals surface area contributed by atoms with Crippen molar-refractivity contribution < 1.29 is 4.74 Å². The summed E-state index contributed by atoms with van der Waals surface area (Å²) >= 11 is 3.28. The summed E-state index contributed by atoms with van der Waals surface area (Å²) in [5.74, 6) is 2.23. The monoisotopic (exact) mass is 351 g/mol. The van der Waals surface area contributed by atoms with Crippen LogP contribution in [0.2, 0.25) is 0 Å². The maximum absolute atomic E-state index is 5.83. The predicted octanol–water partition coefficient (Wildman–Crippen LogP) is 2.97. The Labute approximate surface area is 131 Å². The largest absolute Gasteiger partial charge is 0.490 e. The maximum atomic E-state index is 5.83. The van der Waals surface area contributed by atoms with Gasteiger partial charge in [-0.2, -0.15) is 5.10 Å². The summed E-state index contributed by atoms with van der Waals surface area (Å²) < 4.78 is 8.04. The Hall–Kier alpha value is -1.63. The molecule has 2 N–H and O–H groups in total. The van der Waals surface area contributed by atoms with Gasteiger partial charge in [0, 0.05) is 0 Å². The number of ether oxygens (including phenoxy) is 1. The van der Waals surface area contributed by atoms with Gasteiger partial charge in [-0.25, -0.2) is 14.6 Å². The molecule has 112 valence electrons. The summed E-state index contributed by atoms with van der Waals surface area (Å²) in [6, 6.07) is 0. The van der Waals surface area contributed by atoms with Gasteiger partial charge < -0.3 is 10.5 Å². The van der Waals surface area contributed by atoms with Gasteiger partial charge in [0.05, 0.1) is 25.2 Å². The quantitative estimate of drug-likeness (QED) is 0.915. The number of hydrogen-bond donors (Lipinski definition) is 1. The van der Waals surface area contributed by atoms with E-state index < -0.39 is 0 Å². The summed E-state index contributed by atoms with van der Waals surface area (Å²) in [4.78, 5) is 8.33. The molecule has 0 saturated heterocycles. The van der Waals surface area contributed by atoms with E-state index in [-0.39, 0.29) is 0 Å². The van der Waals surface area contributed by atoms with E-state index in [9.17, 15) is 0 Å². The number of nitrogens with two attached hydrogens (primary N) is 1. The number of rotatable bonds is 4. The molecule has 6 nitrogen and oxygen atoms in total. The summed E-state index contributed by atoms with van der Waals surface area (Å²) in [6.07, 6.45) is 11.5. The van der Waals surface area contributed by atoms with Gasteiger partial charge in [-0.3, -0.25) is 0 Å². The van der Waals surface area contributed by atoms with Crippen molar-refractivity contribution in [2.45, 2.75) is 32.1 Å². The first-order chi connectivity index (χ1) is 10.2. The molecule has 0 aromatic carbocycles. The van der Waals surface area contributed by atoms with Crippen molar-refractivity contribution in [2.75, 3.05) is 12.3 Å². The summed E-state index contributed by atoms with van der Waals surface area (Å²) in [6.45, 7) is 0.755. The second-order valence-electron chi connectivity index (χ2n) is 5.34. The van der Waals surface area contributed by atoms with Gasteiger partial charge in [-0.05, 0) is 34.7 Å². The lowest BCUT2D eigenvalue weighted by Crippen LogP contribution is -2.15. The van der Waals surface area contributed by atoms with E-state index in [2.05, 4.69) is 31.0 Å². The third kappa shape index (κ3) is 3.53. The molecule has 2 aromatic heterocycles. The number of nitrogens with zero attached hydrogens (tertiary/aromatic N) is 4. The third-order valence-electron chi connectivity index (χ3n) is 3.74. The van der Waals surface area contributed by atoms with E-state index in [1.807, 2.05) is 0 Å². The Balaban J connectivity index is 1.66. The molecule has 2 heterocycles. The van der Waals surface area contributed by atoms with E-state index in [0.29, 0.717) is 22.2 Å². The summed E-state index contributed by atoms with van der Waals surface area (Å²) in [7, 11) is 0. The number of halogens is 1. The summed E-state index contributed by atoms with van der Waals surface area (Å²) in [5, 5.41) is 4.24. The van der Waals surface area contributed by atoms with Crippen LogP contribution in [0.4, 0.5) is 5.82 Å². The number of nitrogen functional groups attached to an aromatic ring is 1. The normalized spacial score (nSPS) is 16.0. The first-order valence-electron chi connectivity index (χ1n) is 7.18. The highest BCUT2D eigenvalue weighted by atomic mass is 79.9. The molecule has 3 rings (SSSR count). The molecule has 21 heavy (non-hydrogen) atoms. The maximum Gasteiger partial charge on any atom is 0.197 e. The molecule has 1 fully saturated rings. The van der Waals surface area contributed by atoms with Crippen LogP contribution >= 0.6 is 15.9 Å². The third-order valence-corrected chi connectivity index (χ3v) is 4.12. The van der Waals surface area contributed by atoms with Crippen molar-refractivity contribution in [3.05, 3.63) is 23.2 Å². The Morgan fingerprint density at radius 3 is 2.90 bits per heavy atom. The second-order valence-corrected chi connectivity index (χ2v) is 6.15. The molecule has 0 unspecified atom stereocenters. The zero-order chi connectivity index (χ0) is 14.7. The van der Waals surface area contributed by atoms with Crippen LogP contribution in [0.15, 0.2) is 23.2 Å². The molecule has 0 amide bonds. The van der Waals surface area contributed by atoms with E-state index in [1.54, 1.807) is 23.3 Å². The molecule has 1 saturated carbocycles. The highest BCUT2D eigenvalue weighted by molar-refractivity contribution is 9.10. The summed E-state index contributed by atoms with van der Waals surface area (Å²) in [5.41, 5.74) is 5.83. The lowest BCUT2D eigenvalue weighted by molar-refractivity contribution is 0.209. The first-order valence-corrected chi connectivity index (χ1v) is 7.97. The Bertz CT molecular complexity index is 609. The fourth-order valence-corrected chi connectivity index (χ4v) is 2.87. The predicted molar refractivity (Wildman–Crippen MR) is 83.3 cm³/mol. The lowest BCUT2D eigenvalue weighted by atomic mass is 9.90. The number of anilines is 1. The molecule has 7 heteroatoms. The minimum atomic E-state index is 0.333. The zero-order valence-electron chi connectivity index (χ0n) is 11.7. The molecule has 0 spiro atoms. The molecular weight excluding hydrogens is 334 g/mol. The molecule has 0 bridgehead atoms. The average Bonchev–Trinajstić information content (AvgIpc) is 2.97. The van der Waals surface area contributed by atoms with Crippen LogP contribution < -0.4 is 10.5 Å². The fourth-order valence-electron chi connectivity index (χ4n) is 2.60. The van der Waals surface area contributed by atoms with Gasteiger partial charge in [0.2, 0.25) is 0 Å². The molecular formula is C14H18BrN5O. The molecule has 2 aromatic rings. The van der Waals surface area contributed by atoms with Gasteiger partial charge in [0.25, 0.3) is 0 Å². The average molecular weight is 352 g/mol. The highest BCUT2D eigenvalue weighted by Gasteiger charge is 2.15. The van der Waals surface area contributed by atoms with Crippen molar-refractivity contribution in [3.63, 3.8) is 0 Å². The lowest BCUT2D eigenvalue weighted by Gasteiger charge is -2.21. The van der Waals surface area contributed by atoms with Crippen molar-refractivity contribution in [1.82, 2.24) is 19.7 Å².